The number of anilines is 1. The summed E-state index contributed by atoms with van der Waals surface area (Å²) in [6, 6.07) is 13.3. The molecule has 2 nitrogen and oxygen atoms in total. The van der Waals surface area contributed by atoms with Crippen LogP contribution in [0.3, 0.4) is 0 Å². The predicted octanol–water partition coefficient (Wildman–Crippen LogP) is 2.87. The Morgan fingerprint density at radius 2 is 1.81 bits per heavy atom. The van der Waals surface area contributed by atoms with Crippen LogP contribution in [0.25, 0.3) is 0 Å². The molecule has 82 valence electrons. The van der Waals surface area contributed by atoms with Gasteiger partial charge in [0.1, 0.15) is 5.75 Å². The third-order valence-corrected chi connectivity index (χ3v) is 2.67. The molecule has 0 aliphatic heterocycles. The van der Waals surface area contributed by atoms with E-state index < -0.39 is 0 Å². The van der Waals surface area contributed by atoms with Gasteiger partial charge >= 0.3 is 0 Å². The molecule has 0 saturated heterocycles. The Morgan fingerprint density at radius 1 is 1.06 bits per heavy atom. The largest absolute Gasteiger partial charge is 0.508 e. The van der Waals surface area contributed by atoms with E-state index in [1.165, 1.54) is 5.56 Å². The van der Waals surface area contributed by atoms with Gasteiger partial charge in [0.05, 0.1) is 0 Å². The highest BCUT2D eigenvalue weighted by molar-refractivity contribution is 5.51. The lowest BCUT2D eigenvalue weighted by atomic mass is 10.0. The van der Waals surface area contributed by atoms with E-state index in [1.54, 1.807) is 6.07 Å². The van der Waals surface area contributed by atoms with Crippen molar-refractivity contribution < 1.29 is 5.11 Å². The van der Waals surface area contributed by atoms with Gasteiger partial charge in [0.2, 0.25) is 0 Å². The van der Waals surface area contributed by atoms with Crippen molar-refractivity contribution in [1.82, 2.24) is 0 Å². The normalized spacial score (nSPS) is 10.3. The Morgan fingerprint density at radius 3 is 2.56 bits per heavy atom. The van der Waals surface area contributed by atoms with Gasteiger partial charge in [0.15, 0.2) is 0 Å². The fourth-order valence-electron chi connectivity index (χ4n) is 1.75. The highest BCUT2D eigenvalue weighted by atomic mass is 16.3. The van der Waals surface area contributed by atoms with E-state index in [1.807, 2.05) is 37.3 Å². The number of rotatable bonds is 2. The lowest BCUT2D eigenvalue weighted by Gasteiger charge is -2.08. The summed E-state index contributed by atoms with van der Waals surface area (Å²) in [5.74, 6) is 0.323. The van der Waals surface area contributed by atoms with Gasteiger partial charge in [-0.1, -0.05) is 35.9 Å². The molecule has 0 fully saturated rings. The molecule has 0 unspecified atom stereocenters. The van der Waals surface area contributed by atoms with Crippen LogP contribution in [-0.2, 0) is 6.42 Å². The fourth-order valence-corrected chi connectivity index (χ4v) is 1.75. The zero-order valence-corrected chi connectivity index (χ0v) is 9.27. The molecule has 0 atom stereocenters. The number of aryl methyl sites for hydroxylation is 1. The number of aromatic hydroxyl groups is 1. The SMILES string of the molecule is Cc1ccc(N)c(Cc2ccccc2O)c1. The van der Waals surface area contributed by atoms with Gasteiger partial charge in [-0.05, 0) is 30.2 Å². The first-order valence-corrected chi connectivity index (χ1v) is 5.28. The monoisotopic (exact) mass is 213 g/mol. The number of benzene rings is 2. The minimum absolute atomic E-state index is 0.323. The van der Waals surface area contributed by atoms with E-state index in [0.29, 0.717) is 12.2 Å². The number of nitrogen functional groups attached to an aromatic ring is 1. The van der Waals surface area contributed by atoms with Crippen molar-refractivity contribution in [1.29, 1.82) is 0 Å². The molecule has 3 N–H and O–H groups in total. The minimum atomic E-state index is 0.323. The van der Waals surface area contributed by atoms with E-state index in [0.717, 1.165) is 16.8 Å². The van der Waals surface area contributed by atoms with Crippen molar-refractivity contribution in [3.63, 3.8) is 0 Å². The first kappa shape index (κ1) is 10.6. The summed E-state index contributed by atoms with van der Waals surface area (Å²) in [7, 11) is 0. The molecule has 0 amide bonds. The fraction of sp³-hybridized carbons (Fsp3) is 0.143. The molecule has 2 aromatic rings. The molecule has 0 saturated carbocycles. The number of hydrogen-bond acceptors (Lipinski definition) is 2. The highest BCUT2D eigenvalue weighted by Gasteiger charge is 2.04. The maximum atomic E-state index is 9.69. The van der Waals surface area contributed by atoms with E-state index in [9.17, 15) is 5.11 Å². The van der Waals surface area contributed by atoms with Crippen LogP contribution >= 0.6 is 0 Å². The van der Waals surface area contributed by atoms with E-state index >= 15 is 0 Å². The molecule has 0 aromatic heterocycles. The molecule has 0 bridgehead atoms. The van der Waals surface area contributed by atoms with Gasteiger partial charge in [0.25, 0.3) is 0 Å². The number of phenolic OH excluding ortho intramolecular Hbond substituents is 1. The maximum absolute atomic E-state index is 9.69. The zero-order valence-electron chi connectivity index (χ0n) is 9.27. The molecule has 0 aliphatic carbocycles. The van der Waals surface area contributed by atoms with Crippen LogP contribution in [0.5, 0.6) is 5.75 Å². The summed E-state index contributed by atoms with van der Waals surface area (Å²) in [5.41, 5.74) is 9.82. The third-order valence-electron chi connectivity index (χ3n) is 2.67. The Labute approximate surface area is 95.4 Å². The number of hydrogen-bond donors (Lipinski definition) is 2. The Balaban J connectivity index is 2.34. The van der Waals surface area contributed by atoms with Crippen molar-refractivity contribution in [3.8, 4) is 5.75 Å². The van der Waals surface area contributed by atoms with Crippen LogP contribution < -0.4 is 5.73 Å². The summed E-state index contributed by atoms with van der Waals surface area (Å²) in [4.78, 5) is 0. The van der Waals surface area contributed by atoms with Crippen LogP contribution in [0.4, 0.5) is 5.69 Å². The molecule has 0 radical (unpaired) electrons. The Hall–Kier alpha value is -1.96. The second-order valence-corrected chi connectivity index (χ2v) is 4.01. The lowest BCUT2D eigenvalue weighted by molar-refractivity contribution is 0.469. The van der Waals surface area contributed by atoms with Crippen molar-refractivity contribution in [2.24, 2.45) is 0 Å². The van der Waals surface area contributed by atoms with Gasteiger partial charge in [-0.15, -0.1) is 0 Å². The van der Waals surface area contributed by atoms with E-state index in [4.69, 9.17) is 5.73 Å². The molecule has 0 heterocycles. The quantitative estimate of drug-likeness (QED) is 0.753. The average molecular weight is 213 g/mol. The van der Waals surface area contributed by atoms with Crippen LogP contribution in [0.15, 0.2) is 42.5 Å². The number of phenols is 1. The maximum Gasteiger partial charge on any atom is 0.119 e. The van der Waals surface area contributed by atoms with Crippen LogP contribution in [0.2, 0.25) is 0 Å². The van der Waals surface area contributed by atoms with E-state index in [-0.39, 0.29) is 0 Å². The van der Waals surface area contributed by atoms with Crippen molar-refractivity contribution in [2.75, 3.05) is 5.73 Å². The predicted molar refractivity (Wildman–Crippen MR) is 66.5 cm³/mol. The molecule has 16 heavy (non-hydrogen) atoms. The second kappa shape index (κ2) is 4.27. The smallest absolute Gasteiger partial charge is 0.119 e. The molecule has 2 heteroatoms. The van der Waals surface area contributed by atoms with Crippen LogP contribution in [-0.4, -0.2) is 5.11 Å². The summed E-state index contributed by atoms with van der Waals surface area (Å²) in [6.45, 7) is 2.04. The van der Waals surface area contributed by atoms with Crippen LogP contribution in [0, 0.1) is 6.92 Å². The van der Waals surface area contributed by atoms with Gasteiger partial charge in [-0.3, -0.25) is 0 Å². The van der Waals surface area contributed by atoms with Crippen molar-refractivity contribution in [2.45, 2.75) is 13.3 Å². The number of nitrogens with two attached hydrogens (primary N) is 1. The van der Waals surface area contributed by atoms with Crippen LogP contribution in [0.1, 0.15) is 16.7 Å². The first-order valence-electron chi connectivity index (χ1n) is 5.28. The zero-order chi connectivity index (χ0) is 11.5. The van der Waals surface area contributed by atoms with Gasteiger partial charge in [-0.25, -0.2) is 0 Å². The summed E-state index contributed by atoms with van der Waals surface area (Å²) < 4.78 is 0. The standard InChI is InChI=1S/C14H15NO/c1-10-6-7-13(15)12(8-10)9-11-4-2-3-5-14(11)16/h2-8,16H,9,15H2,1H3. The van der Waals surface area contributed by atoms with Gasteiger partial charge in [0, 0.05) is 12.1 Å². The first-order chi connectivity index (χ1) is 7.66. The summed E-state index contributed by atoms with van der Waals surface area (Å²) >= 11 is 0. The molecule has 2 aromatic carbocycles. The second-order valence-electron chi connectivity index (χ2n) is 4.01. The lowest BCUT2D eigenvalue weighted by Crippen LogP contribution is -1.96. The molecule has 0 spiro atoms. The van der Waals surface area contributed by atoms with Crippen molar-refractivity contribution >= 4 is 5.69 Å². The van der Waals surface area contributed by atoms with Gasteiger partial charge in [-0.2, -0.15) is 0 Å². The molecular formula is C14H15NO. The Kier molecular flexibility index (Phi) is 2.82. The summed E-state index contributed by atoms with van der Waals surface area (Å²) in [5, 5.41) is 9.69. The topological polar surface area (TPSA) is 46.2 Å². The Bertz CT molecular complexity index is 506. The molecule has 2 rings (SSSR count). The summed E-state index contributed by atoms with van der Waals surface area (Å²) in [6.07, 6.45) is 0.667. The van der Waals surface area contributed by atoms with Gasteiger partial charge < -0.3 is 10.8 Å². The average Bonchev–Trinajstić information content (AvgIpc) is 2.27. The molecular weight excluding hydrogens is 198 g/mol. The molecule has 0 aliphatic rings. The highest BCUT2D eigenvalue weighted by Crippen LogP contribution is 2.23. The number of para-hydroxylation sites is 1. The minimum Gasteiger partial charge on any atom is -0.508 e. The van der Waals surface area contributed by atoms with E-state index in [2.05, 4.69) is 6.07 Å². The third kappa shape index (κ3) is 2.16. The van der Waals surface area contributed by atoms with Crippen molar-refractivity contribution in [3.05, 3.63) is 59.2 Å².